The maximum Gasteiger partial charge on any atom is 0.243 e. The molecule has 0 unspecified atom stereocenters. The van der Waals surface area contributed by atoms with E-state index in [-0.39, 0.29) is 12.1 Å². The van der Waals surface area contributed by atoms with Crippen molar-refractivity contribution >= 4 is 17.5 Å². The van der Waals surface area contributed by atoms with Gasteiger partial charge >= 0.3 is 0 Å². The van der Waals surface area contributed by atoms with Crippen molar-refractivity contribution in [2.75, 3.05) is 26.6 Å². The molecular formula is C19H20ClN5O3. The number of halogens is 1. The van der Waals surface area contributed by atoms with Crippen LogP contribution in [-0.4, -0.2) is 41.5 Å². The highest BCUT2D eigenvalue weighted by atomic mass is 35.5. The summed E-state index contributed by atoms with van der Waals surface area (Å²) in [5.74, 6) is 2.33. The molecule has 3 aromatic rings. The third-order valence-electron chi connectivity index (χ3n) is 4.89. The molecule has 1 aliphatic rings. The number of ether oxygens (including phenoxy) is 3. The normalized spacial score (nSPS) is 18.1. The van der Waals surface area contributed by atoms with E-state index in [9.17, 15) is 0 Å². The number of anilines is 1. The van der Waals surface area contributed by atoms with Gasteiger partial charge in [-0.1, -0.05) is 28.8 Å². The van der Waals surface area contributed by atoms with Crippen LogP contribution in [0, 0.1) is 0 Å². The lowest BCUT2D eigenvalue weighted by Gasteiger charge is -2.31. The summed E-state index contributed by atoms with van der Waals surface area (Å²) in [6.45, 7) is 0. The second kappa shape index (κ2) is 7.55. The van der Waals surface area contributed by atoms with Crippen LogP contribution in [0.3, 0.4) is 0 Å². The van der Waals surface area contributed by atoms with Crippen LogP contribution in [0.25, 0.3) is 0 Å². The van der Waals surface area contributed by atoms with Gasteiger partial charge in [0.05, 0.1) is 33.4 Å². The van der Waals surface area contributed by atoms with Crippen LogP contribution >= 0.6 is 11.6 Å². The third-order valence-corrected chi connectivity index (χ3v) is 5.15. The summed E-state index contributed by atoms with van der Waals surface area (Å²) in [6.07, 6.45) is 0.734. The van der Waals surface area contributed by atoms with Crippen LogP contribution in [-0.2, 0) is 0 Å². The molecule has 0 bridgehead atoms. The number of nitrogens with one attached hydrogen (secondary N) is 1. The number of hydrogen-bond donors (Lipinski definition) is 1. The van der Waals surface area contributed by atoms with Crippen LogP contribution in [0.15, 0.2) is 36.4 Å². The number of benzene rings is 2. The van der Waals surface area contributed by atoms with E-state index < -0.39 is 0 Å². The van der Waals surface area contributed by atoms with Crippen molar-refractivity contribution in [2.24, 2.45) is 0 Å². The molecule has 0 saturated carbocycles. The molecule has 0 saturated heterocycles. The Balaban J connectivity index is 1.77. The summed E-state index contributed by atoms with van der Waals surface area (Å²) in [7, 11) is 4.78. The Kier molecular flexibility index (Phi) is 4.95. The summed E-state index contributed by atoms with van der Waals surface area (Å²) >= 11 is 6.04. The fourth-order valence-corrected chi connectivity index (χ4v) is 3.65. The van der Waals surface area contributed by atoms with Crippen molar-refractivity contribution in [3.05, 3.63) is 52.5 Å². The number of rotatable bonds is 5. The molecule has 1 N–H and O–H groups in total. The van der Waals surface area contributed by atoms with E-state index in [0.717, 1.165) is 17.5 Å². The lowest BCUT2D eigenvalue weighted by molar-refractivity contribution is 0.321. The van der Waals surface area contributed by atoms with Gasteiger partial charge < -0.3 is 19.5 Å². The number of aromatic nitrogens is 4. The van der Waals surface area contributed by atoms with E-state index in [1.165, 1.54) is 0 Å². The molecule has 1 aromatic heterocycles. The zero-order chi connectivity index (χ0) is 19.7. The molecule has 2 aromatic carbocycles. The van der Waals surface area contributed by atoms with E-state index in [1.807, 2.05) is 36.4 Å². The average molecular weight is 402 g/mol. The molecule has 0 radical (unpaired) electrons. The van der Waals surface area contributed by atoms with Gasteiger partial charge in [-0.25, -0.2) is 4.68 Å². The van der Waals surface area contributed by atoms with Crippen LogP contribution in [0.1, 0.15) is 29.6 Å². The van der Waals surface area contributed by atoms with Crippen LogP contribution in [0.2, 0.25) is 5.02 Å². The number of nitrogens with zero attached hydrogens (tertiary/aromatic N) is 4. The van der Waals surface area contributed by atoms with Crippen molar-refractivity contribution in [2.45, 2.75) is 18.5 Å². The van der Waals surface area contributed by atoms with E-state index in [0.29, 0.717) is 28.2 Å². The highest BCUT2D eigenvalue weighted by molar-refractivity contribution is 6.30. The molecule has 0 amide bonds. The van der Waals surface area contributed by atoms with E-state index >= 15 is 0 Å². The summed E-state index contributed by atoms with van der Waals surface area (Å²) in [5, 5.41) is 16.2. The molecule has 8 nitrogen and oxygen atoms in total. The quantitative estimate of drug-likeness (QED) is 0.700. The smallest absolute Gasteiger partial charge is 0.243 e. The Morgan fingerprint density at radius 2 is 1.68 bits per heavy atom. The van der Waals surface area contributed by atoms with Crippen molar-refractivity contribution in [1.82, 2.24) is 20.2 Å². The lowest BCUT2D eigenvalue weighted by atomic mass is 9.93. The first-order chi connectivity index (χ1) is 13.6. The van der Waals surface area contributed by atoms with Gasteiger partial charge in [-0.2, -0.15) is 0 Å². The predicted octanol–water partition coefficient (Wildman–Crippen LogP) is 3.50. The predicted molar refractivity (Wildman–Crippen MR) is 104 cm³/mol. The molecule has 146 valence electrons. The minimum atomic E-state index is -0.111. The van der Waals surface area contributed by atoms with E-state index in [2.05, 4.69) is 20.8 Å². The molecule has 28 heavy (non-hydrogen) atoms. The molecule has 2 heterocycles. The SMILES string of the molecule is COc1cc([C@H]2C[C@@H](c3ccc(Cl)cc3)Nc3nnnn32)cc(OC)c1OC. The first-order valence-electron chi connectivity index (χ1n) is 8.74. The Labute approximate surface area is 167 Å². The molecule has 2 atom stereocenters. The van der Waals surface area contributed by atoms with Crippen LogP contribution in [0.4, 0.5) is 5.95 Å². The highest BCUT2D eigenvalue weighted by Crippen LogP contribution is 2.44. The van der Waals surface area contributed by atoms with Gasteiger partial charge in [0.1, 0.15) is 0 Å². The number of fused-ring (bicyclic) bond motifs is 1. The second-order valence-corrected chi connectivity index (χ2v) is 6.84. The summed E-state index contributed by atoms with van der Waals surface area (Å²) in [4.78, 5) is 0. The minimum absolute atomic E-state index is 0.0276. The molecule has 9 heteroatoms. The summed E-state index contributed by atoms with van der Waals surface area (Å²) < 4.78 is 18.2. The maximum atomic E-state index is 6.04. The standard InChI is InChI=1S/C19H20ClN5O3/c1-26-16-8-12(9-17(27-2)18(16)28-3)15-10-14(11-4-6-13(20)7-5-11)21-19-22-23-24-25(15)19/h4-9,14-15H,10H2,1-3H3,(H,21,22,24)/t14-,15+/m0/s1. The van der Waals surface area contributed by atoms with Crippen molar-refractivity contribution in [3.8, 4) is 17.2 Å². The highest BCUT2D eigenvalue weighted by Gasteiger charge is 2.32. The molecule has 0 spiro atoms. The molecule has 0 fully saturated rings. The molecule has 0 aliphatic carbocycles. The molecule has 4 rings (SSSR count). The van der Waals surface area contributed by atoms with Crippen LogP contribution in [0.5, 0.6) is 17.2 Å². The Hall–Kier alpha value is -3.00. The van der Waals surface area contributed by atoms with Gasteiger partial charge in [-0.3, -0.25) is 0 Å². The first-order valence-corrected chi connectivity index (χ1v) is 9.12. The number of tetrazole rings is 1. The van der Waals surface area contributed by atoms with Gasteiger partial charge in [0.25, 0.3) is 0 Å². The van der Waals surface area contributed by atoms with Gasteiger partial charge in [0, 0.05) is 5.02 Å². The first kappa shape index (κ1) is 18.4. The fourth-order valence-electron chi connectivity index (χ4n) is 3.52. The van der Waals surface area contributed by atoms with E-state index in [4.69, 9.17) is 25.8 Å². The third kappa shape index (κ3) is 3.20. The van der Waals surface area contributed by atoms with Crippen molar-refractivity contribution in [3.63, 3.8) is 0 Å². The molecule has 1 aliphatic heterocycles. The summed E-state index contributed by atoms with van der Waals surface area (Å²) in [6, 6.07) is 11.6. The van der Waals surface area contributed by atoms with Crippen molar-refractivity contribution < 1.29 is 14.2 Å². The Morgan fingerprint density at radius 1 is 1.00 bits per heavy atom. The largest absolute Gasteiger partial charge is 0.493 e. The van der Waals surface area contributed by atoms with Gasteiger partial charge in [0.2, 0.25) is 11.7 Å². The topological polar surface area (TPSA) is 83.3 Å². The zero-order valence-corrected chi connectivity index (χ0v) is 16.5. The fraction of sp³-hybridized carbons (Fsp3) is 0.316. The van der Waals surface area contributed by atoms with Crippen molar-refractivity contribution in [1.29, 1.82) is 0 Å². The Morgan fingerprint density at radius 3 is 2.29 bits per heavy atom. The van der Waals surface area contributed by atoms with Crippen LogP contribution < -0.4 is 19.5 Å². The Bertz CT molecular complexity index is 951. The van der Waals surface area contributed by atoms with Gasteiger partial charge in [-0.05, 0) is 52.2 Å². The minimum Gasteiger partial charge on any atom is -0.493 e. The second-order valence-electron chi connectivity index (χ2n) is 6.41. The number of methoxy groups -OCH3 is 3. The average Bonchev–Trinajstić information content (AvgIpc) is 3.21. The zero-order valence-electron chi connectivity index (χ0n) is 15.7. The summed E-state index contributed by atoms with van der Waals surface area (Å²) in [5.41, 5.74) is 2.07. The van der Waals surface area contributed by atoms with Gasteiger partial charge in [-0.15, -0.1) is 0 Å². The maximum absolute atomic E-state index is 6.04. The lowest BCUT2D eigenvalue weighted by Crippen LogP contribution is -2.28. The number of hydrogen-bond acceptors (Lipinski definition) is 7. The van der Waals surface area contributed by atoms with Gasteiger partial charge in [0.15, 0.2) is 11.5 Å². The van der Waals surface area contributed by atoms with E-state index in [1.54, 1.807) is 26.0 Å². The molecular weight excluding hydrogens is 382 g/mol. The monoisotopic (exact) mass is 401 g/mol.